The Balaban J connectivity index is 1.81. The van der Waals surface area contributed by atoms with Gasteiger partial charge in [0.15, 0.2) is 5.82 Å². The van der Waals surface area contributed by atoms with E-state index in [-0.39, 0.29) is 5.82 Å². The van der Waals surface area contributed by atoms with Crippen LogP contribution in [0.1, 0.15) is 0 Å². The van der Waals surface area contributed by atoms with Crippen LogP contribution in [0, 0.1) is 5.82 Å². The number of nitrogens with one attached hydrogen (secondary N) is 2. The number of para-hydroxylation sites is 2. The SMILES string of the molecule is Fc1ccccc1Nc1cnnc(Nc2ccccc2Br)n1. The molecule has 3 aromatic rings. The first-order valence-electron chi connectivity index (χ1n) is 6.45. The van der Waals surface area contributed by atoms with Gasteiger partial charge >= 0.3 is 0 Å². The molecule has 2 aromatic carbocycles. The van der Waals surface area contributed by atoms with Crippen LogP contribution in [0.15, 0.2) is 59.2 Å². The first-order valence-corrected chi connectivity index (χ1v) is 7.24. The van der Waals surface area contributed by atoms with Crippen LogP contribution in [-0.4, -0.2) is 15.2 Å². The highest BCUT2D eigenvalue weighted by Crippen LogP contribution is 2.24. The molecule has 0 saturated heterocycles. The molecular formula is C15H11BrFN5. The molecule has 1 aromatic heterocycles. The summed E-state index contributed by atoms with van der Waals surface area (Å²) < 4.78 is 14.5. The van der Waals surface area contributed by atoms with Gasteiger partial charge in [-0.25, -0.2) is 4.39 Å². The molecule has 0 amide bonds. The average Bonchev–Trinajstić information content (AvgIpc) is 2.52. The van der Waals surface area contributed by atoms with Gasteiger partial charge < -0.3 is 10.6 Å². The number of halogens is 2. The first-order chi connectivity index (χ1) is 10.7. The van der Waals surface area contributed by atoms with Gasteiger partial charge in [-0.15, -0.1) is 5.10 Å². The van der Waals surface area contributed by atoms with Gasteiger partial charge in [-0.3, -0.25) is 0 Å². The highest BCUT2D eigenvalue weighted by molar-refractivity contribution is 9.10. The number of anilines is 4. The third kappa shape index (κ3) is 3.37. The molecule has 0 spiro atoms. The monoisotopic (exact) mass is 359 g/mol. The Morgan fingerprint density at radius 2 is 1.64 bits per heavy atom. The summed E-state index contributed by atoms with van der Waals surface area (Å²) >= 11 is 3.43. The highest BCUT2D eigenvalue weighted by Gasteiger charge is 2.06. The molecule has 0 aliphatic carbocycles. The smallest absolute Gasteiger partial charge is 0.249 e. The molecular weight excluding hydrogens is 349 g/mol. The molecule has 3 rings (SSSR count). The Hall–Kier alpha value is -2.54. The number of aromatic nitrogens is 3. The van der Waals surface area contributed by atoms with Gasteiger partial charge in [0, 0.05) is 4.47 Å². The van der Waals surface area contributed by atoms with Gasteiger partial charge in [0.25, 0.3) is 0 Å². The summed E-state index contributed by atoms with van der Waals surface area (Å²) in [7, 11) is 0. The van der Waals surface area contributed by atoms with E-state index < -0.39 is 0 Å². The summed E-state index contributed by atoms with van der Waals surface area (Å²) in [6.07, 6.45) is 1.43. The van der Waals surface area contributed by atoms with Crippen molar-refractivity contribution in [2.75, 3.05) is 10.6 Å². The lowest BCUT2D eigenvalue weighted by Gasteiger charge is -2.09. The number of rotatable bonds is 4. The molecule has 0 fully saturated rings. The number of benzene rings is 2. The molecule has 2 N–H and O–H groups in total. The molecule has 1 heterocycles. The molecule has 0 aliphatic rings. The van der Waals surface area contributed by atoms with Crippen LogP contribution in [0.5, 0.6) is 0 Å². The predicted molar refractivity (Wildman–Crippen MR) is 86.9 cm³/mol. The minimum absolute atomic E-state index is 0.313. The maximum absolute atomic E-state index is 13.6. The molecule has 7 heteroatoms. The van der Waals surface area contributed by atoms with Crippen LogP contribution in [0.3, 0.4) is 0 Å². The fraction of sp³-hybridized carbons (Fsp3) is 0. The molecule has 22 heavy (non-hydrogen) atoms. The van der Waals surface area contributed by atoms with E-state index in [2.05, 4.69) is 41.7 Å². The largest absolute Gasteiger partial charge is 0.336 e. The quantitative estimate of drug-likeness (QED) is 0.728. The van der Waals surface area contributed by atoms with E-state index in [4.69, 9.17) is 0 Å². The van der Waals surface area contributed by atoms with E-state index in [1.807, 2.05) is 24.3 Å². The second-order valence-electron chi connectivity index (χ2n) is 4.37. The summed E-state index contributed by atoms with van der Waals surface area (Å²) in [5.41, 5.74) is 1.14. The first kappa shape index (κ1) is 14.4. The van der Waals surface area contributed by atoms with Crippen molar-refractivity contribution in [3.8, 4) is 0 Å². The highest BCUT2D eigenvalue weighted by atomic mass is 79.9. The minimum Gasteiger partial charge on any atom is -0.336 e. The molecule has 0 radical (unpaired) electrons. The summed E-state index contributed by atoms with van der Waals surface area (Å²) in [5, 5.41) is 13.7. The van der Waals surface area contributed by atoms with Crippen LogP contribution in [0.25, 0.3) is 0 Å². The van der Waals surface area contributed by atoms with Crippen molar-refractivity contribution >= 4 is 39.1 Å². The minimum atomic E-state index is -0.360. The number of hydrogen-bond donors (Lipinski definition) is 2. The zero-order valence-electron chi connectivity index (χ0n) is 11.3. The second kappa shape index (κ2) is 6.48. The van der Waals surface area contributed by atoms with Gasteiger partial charge in [-0.1, -0.05) is 24.3 Å². The fourth-order valence-electron chi connectivity index (χ4n) is 1.80. The van der Waals surface area contributed by atoms with E-state index in [1.165, 1.54) is 12.3 Å². The van der Waals surface area contributed by atoms with E-state index in [9.17, 15) is 4.39 Å². The topological polar surface area (TPSA) is 62.7 Å². The van der Waals surface area contributed by atoms with Gasteiger partial charge in [-0.2, -0.15) is 10.1 Å². The molecule has 0 aliphatic heterocycles. The maximum atomic E-state index is 13.6. The molecule has 110 valence electrons. The third-order valence-corrected chi connectivity index (χ3v) is 3.51. The van der Waals surface area contributed by atoms with Crippen LogP contribution >= 0.6 is 15.9 Å². The summed E-state index contributed by atoms with van der Waals surface area (Å²) in [6.45, 7) is 0. The lowest BCUT2D eigenvalue weighted by molar-refractivity contribution is 0.632. The molecule has 0 unspecified atom stereocenters. The van der Waals surface area contributed by atoms with Crippen molar-refractivity contribution in [2.24, 2.45) is 0 Å². The van der Waals surface area contributed by atoms with E-state index in [0.29, 0.717) is 17.5 Å². The van der Waals surface area contributed by atoms with E-state index in [1.54, 1.807) is 18.2 Å². The standard InChI is InChI=1S/C15H11BrFN5/c16-10-5-1-3-7-12(10)20-15-21-14(9-18-22-15)19-13-8-4-2-6-11(13)17/h1-9H,(H2,19,20,21,22). The maximum Gasteiger partial charge on any atom is 0.249 e. The summed E-state index contributed by atoms with van der Waals surface area (Å²) in [4.78, 5) is 4.26. The molecule has 0 bridgehead atoms. The Labute approximate surface area is 134 Å². The molecule has 0 saturated carbocycles. The summed E-state index contributed by atoms with van der Waals surface area (Å²) in [6, 6.07) is 13.9. The van der Waals surface area contributed by atoms with Gasteiger partial charge in [-0.05, 0) is 40.2 Å². The van der Waals surface area contributed by atoms with Crippen molar-refractivity contribution < 1.29 is 4.39 Å². The van der Waals surface area contributed by atoms with Crippen molar-refractivity contribution in [3.05, 3.63) is 65.0 Å². The van der Waals surface area contributed by atoms with Crippen LogP contribution in [-0.2, 0) is 0 Å². The fourth-order valence-corrected chi connectivity index (χ4v) is 2.18. The zero-order valence-corrected chi connectivity index (χ0v) is 12.9. The van der Waals surface area contributed by atoms with Crippen molar-refractivity contribution in [1.29, 1.82) is 0 Å². The van der Waals surface area contributed by atoms with Gasteiger partial charge in [0.2, 0.25) is 5.95 Å². The van der Waals surface area contributed by atoms with Crippen LogP contribution in [0.2, 0.25) is 0 Å². The lowest BCUT2D eigenvalue weighted by Crippen LogP contribution is -2.03. The van der Waals surface area contributed by atoms with Gasteiger partial charge in [0.1, 0.15) is 5.82 Å². The lowest BCUT2D eigenvalue weighted by atomic mass is 10.3. The predicted octanol–water partition coefficient (Wildman–Crippen LogP) is 4.26. The van der Waals surface area contributed by atoms with Crippen molar-refractivity contribution in [3.63, 3.8) is 0 Å². The second-order valence-corrected chi connectivity index (χ2v) is 5.23. The Kier molecular flexibility index (Phi) is 4.24. The third-order valence-electron chi connectivity index (χ3n) is 2.82. The van der Waals surface area contributed by atoms with Crippen molar-refractivity contribution in [2.45, 2.75) is 0 Å². The average molecular weight is 360 g/mol. The summed E-state index contributed by atoms with van der Waals surface area (Å²) in [5.74, 6) is 0.351. The number of nitrogens with zero attached hydrogens (tertiary/aromatic N) is 3. The van der Waals surface area contributed by atoms with Crippen molar-refractivity contribution in [1.82, 2.24) is 15.2 Å². The Bertz CT molecular complexity index is 733. The van der Waals surface area contributed by atoms with Crippen LogP contribution < -0.4 is 10.6 Å². The van der Waals surface area contributed by atoms with E-state index >= 15 is 0 Å². The van der Waals surface area contributed by atoms with Gasteiger partial charge in [0.05, 0.1) is 17.6 Å². The Morgan fingerprint density at radius 3 is 2.41 bits per heavy atom. The van der Waals surface area contributed by atoms with E-state index in [0.717, 1.165) is 10.2 Å². The number of hydrogen-bond acceptors (Lipinski definition) is 5. The Morgan fingerprint density at radius 1 is 0.909 bits per heavy atom. The van der Waals surface area contributed by atoms with Crippen LogP contribution in [0.4, 0.5) is 27.5 Å². The normalized spacial score (nSPS) is 10.3. The molecule has 0 atom stereocenters. The molecule has 5 nitrogen and oxygen atoms in total. The zero-order chi connectivity index (χ0) is 15.4.